The summed E-state index contributed by atoms with van der Waals surface area (Å²) in [6.07, 6.45) is 3.02. The molecule has 1 N–H and O–H groups in total. The van der Waals surface area contributed by atoms with E-state index in [1.807, 2.05) is 0 Å². The molecule has 7 nitrogen and oxygen atoms in total. The fourth-order valence-electron chi connectivity index (χ4n) is 2.37. The van der Waals surface area contributed by atoms with Crippen LogP contribution in [-0.4, -0.2) is 26.3 Å². The van der Waals surface area contributed by atoms with Gasteiger partial charge in [-0.15, -0.1) is 0 Å². The van der Waals surface area contributed by atoms with Crippen LogP contribution < -0.4 is 4.72 Å². The summed E-state index contributed by atoms with van der Waals surface area (Å²) in [6, 6.07) is 12.7. The van der Waals surface area contributed by atoms with Gasteiger partial charge in [-0.1, -0.05) is 0 Å². The number of carbonyl (C=O) groups excluding carboxylic acids is 1. The molecule has 2 heterocycles. The molecule has 0 saturated carbocycles. The maximum atomic E-state index is 12.4. The minimum atomic E-state index is -3.69. The Bertz CT molecular complexity index is 946. The molecule has 0 radical (unpaired) electrons. The van der Waals surface area contributed by atoms with Crippen molar-refractivity contribution in [2.45, 2.75) is 18.0 Å². The molecule has 3 aromatic rings. The lowest BCUT2D eigenvalue weighted by Gasteiger charge is -2.16. The predicted molar refractivity (Wildman–Crippen MR) is 93.7 cm³/mol. The van der Waals surface area contributed by atoms with Crippen LogP contribution in [0.1, 0.15) is 21.9 Å². The molecule has 1 amide bonds. The Labute approximate surface area is 151 Å². The molecule has 0 saturated heterocycles. The van der Waals surface area contributed by atoms with E-state index < -0.39 is 10.0 Å². The summed E-state index contributed by atoms with van der Waals surface area (Å²) >= 11 is 0. The minimum Gasteiger partial charge on any atom is -0.468 e. The van der Waals surface area contributed by atoms with E-state index in [2.05, 4.69) is 4.72 Å². The van der Waals surface area contributed by atoms with Crippen molar-refractivity contribution < 1.29 is 22.0 Å². The Morgan fingerprint density at radius 1 is 1.00 bits per heavy atom. The zero-order valence-corrected chi connectivity index (χ0v) is 14.9. The van der Waals surface area contributed by atoms with Gasteiger partial charge in [-0.3, -0.25) is 4.79 Å². The van der Waals surface area contributed by atoms with Crippen molar-refractivity contribution in [3.63, 3.8) is 0 Å². The number of nitrogens with zero attached hydrogens (tertiary/aromatic N) is 1. The number of hydrogen-bond acceptors (Lipinski definition) is 5. The van der Waals surface area contributed by atoms with Gasteiger partial charge in [0.25, 0.3) is 5.91 Å². The highest BCUT2D eigenvalue weighted by Gasteiger charge is 2.17. The Morgan fingerprint density at radius 3 is 2.19 bits per heavy atom. The lowest BCUT2D eigenvalue weighted by atomic mass is 10.2. The molecule has 0 unspecified atom stereocenters. The van der Waals surface area contributed by atoms with Crippen molar-refractivity contribution in [3.05, 3.63) is 78.1 Å². The van der Waals surface area contributed by atoms with Crippen molar-refractivity contribution in [1.82, 2.24) is 9.62 Å². The standard InChI is InChI=1S/C18H18N2O5S/c1-20(13-16-5-3-11-25-16)18(21)14-6-8-17(9-7-14)26(22,23)19-12-15-4-2-10-24-15/h2-11,19H,12-13H2,1H3. The van der Waals surface area contributed by atoms with Crippen LogP contribution in [0, 0.1) is 0 Å². The number of amides is 1. The zero-order chi connectivity index (χ0) is 18.6. The van der Waals surface area contributed by atoms with Crippen molar-refractivity contribution in [1.29, 1.82) is 0 Å². The number of nitrogens with one attached hydrogen (secondary N) is 1. The molecular weight excluding hydrogens is 356 g/mol. The number of rotatable bonds is 7. The van der Waals surface area contributed by atoms with Gasteiger partial charge >= 0.3 is 0 Å². The monoisotopic (exact) mass is 374 g/mol. The second-order valence-corrected chi connectivity index (χ2v) is 7.44. The molecule has 2 aromatic heterocycles. The molecule has 0 atom stereocenters. The van der Waals surface area contributed by atoms with Gasteiger partial charge in [0, 0.05) is 12.6 Å². The van der Waals surface area contributed by atoms with Crippen LogP contribution in [0.3, 0.4) is 0 Å². The van der Waals surface area contributed by atoms with Crippen molar-refractivity contribution in [2.75, 3.05) is 7.05 Å². The summed E-state index contributed by atoms with van der Waals surface area (Å²) in [6.45, 7) is 0.387. The Balaban J connectivity index is 1.66. The van der Waals surface area contributed by atoms with E-state index >= 15 is 0 Å². The number of hydrogen-bond donors (Lipinski definition) is 1. The Kier molecular flexibility index (Phi) is 5.24. The fraction of sp³-hybridized carbons (Fsp3) is 0.167. The Morgan fingerprint density at radius 2 is 1.62 bits per heavy atom. The summed E-state index contributed by atoms with van der Waals surface area (Å²) in [5.41, 5.74) is 0.393. The van der Waals surface area contributed by atoms with E-state index in [9.17, 15) is 13.2 Å². The fourth-order valence-corrected chi connectivity index (χ4v) is 3.36. The molecule has 0 bridgehead atoms. The van der Waals surface area contributed by atoms with Gasteiger partial charge in [-0.2, -0.15) is 0 Å². The van der Waals surface area contributed by atoms with Gasteiger partial charge in [0.1, 0.15) is 11.5 Å². The molecule has 0 aliphatic rings. The van der Waals surface area contributed by atoms with Crippen LogP contribution in [0.4, 0.5) is 0 Å². The maximum Gasteiger partial charge on any atom is 0.254 e. The lowest BCUT2D eigenvalue weighted by molar-refractivity contribution is 0.0775. The van der Waals surface area contributed by atoms with E-state index in [1.165, 1.54) is 35.4 Å². The molecule has 3 rings (SSSR count). The Hall–Kier alpha value is -2.84. The third-order valence-electron chi connectivity index (χ3n) is 3.75. The highest BCUT2D eigenvalue weighted by molar-refractivity contribution is 7.89. The average Bonchev–Trinajstić information content (AvgIpc) is 3.33. The van der Waals surface area contributed by atoms with Crippen LogP contribution in [-0.2, 0) is 23.1 Å². The molecule has 0 fully saturated rings. The number of furan rings is 2. The smallest absolute Gasteiger partial charge is 0.254 e. The molecule has 26 heavy (non-hydrogen) atoms. The number of carbonyl (C=O) groups is 1. The molecule has 0 aliphatic heterocycles. The molecular formula is C18H18N2O5S. The van der Waals surface area contributed by atoms with Gasteiger partial charge < -0.3 is 13.7 Å². The third kappa shape index (κ3) is 4.22. The summed E-state index contributed by atoms with van der Waals surface area (Å²) < 4.78 is 37.4. The first-order chi connectivity index (χ1) is 12.5. The molecule has 136 valence electrons. The molecule has 1 aromatic carbocycles. The van der Waals surface area contributed by atoms with Crippen LogP contribution in [0.25, 0.3) is 0 Å². The third-order valence-corrected chi connectivity index (χ3v) is 5.17. The highest BCUT2D eigenvalue weighted by atomic mass is 32.2. The second-order valence-electron chi connectivity index (χ2n) is 5.67. The van der Waals surface area contributed by atoms with Crippen molar-refractivity contribution in [3.8, 4) is 0 Å². The summed E-state index contributed by atoms with van der Waals surface area (Å²) in [7, 11) is -2.04. The normalized spacial score (nSPS) is 11.4. The quantitative estimate of drug-likeness (QED) is 0.686. The van der Waals surface area contributed by atoms with Gasteiger partial charge in [0.15, 0.2) is 0 Å². The first-order valence-corrected chi connectivity index (χ1v) is 9.34. The predicted octanol–water partition coefficient (Wildman–Crippen LogP) is 2.62. The van der Waals surface area contributed by atoms with Gasteiger partial charge in [-0.05, 0) is 48.5 Å². The largest absolute Gasteiger partial charge is 0.468 e. The average molecular weight is 374 g/mol. The lowest BCUT2D eigenvalue weighted by Crippen LogP contribution is -2.26. The molecule has 0 aliphatic carbocycles. The van der Waals surface area contributed by atoms with Gasteiger partial charge in [0.05, 0.1) is 30.5 Å². The van der Waals surface area contributed by atoms with Crippen molar-refractivity contribution in [2.24, 2.45) is 0 Å². The van der Waals surface area contributed by atoms with E-state index in [4.69, 9.17) is 8.83 Å². The van der Waals surface area contributed by atoms with Crippen LogP contribution >= 0.6 is 0 Å². The zero-order valence-electron chi connectivity index (χ0n) is 14.1. The summed E-state index contributed by atoms with van der Waals surface area (Å²) in [5.74, 6) is 0.955. The number of sulfonamides is 1. The van der Waals surface area contributed by atoms with E-state index in [0.29, 0.717) is 23.6 Å². The first kappa shape index (κ1) is 18.0. The van der Waals surface area contributed by atoms with Crippen LogP contribution in [0.2, 0.25) is 0 Å². The second kappa shape index (κ2) is 7.59. The SMILES string of the molecule is CN(Cc1ccco1)C(=O)c1ccc(S(=O)(=O)NCc2ccco2)cc1. The topological polar surface area (TPSA) is 92.8 Å². The van der Waals surface area contributed by atoms with Crippen LogP contribution in [0.15, 0.2) is 74.8 Å². The van der Waals surface area contributed by atoms with Crippen molar-refractivity contribution >= 4 is 15.9 Å². The van der Waals surface area contributed by atoms with Gasteiger partial charge in [0.2, 0.25) is 10.0 Å². The van der Waals surface area contributed by atoms with E-state index in [0.717, 1.165) is 0 Å². The highest BCUT2D eigenvalue weighted by Crippen LogP contribution is 2.14. The maximum absolute atomic E-state index is 12.4. The molecule has 8 heteroatoms. The van der Waals surface area contributed by atoms with Gasteiger partial charge in [-0.25, -0.2) is 13.1 Å². The van der Waals surface area contributed by atoms with E-state index in [1.54, 1.807) is 37.6 Å². The number of benzene rings is 1. The molecule has 0 spiro atoms. The first-order valence-electron chi connectivity index (χ1n) is 7.86. The minimum absolute atomic E-state index is 0.0574. The van der Waals surface area contributed by atoms with Crippen LogP contribution in [0.5, 0.6) is 0 Å². The summed E-state index contributed by atoms with van der Waals surface area (Å²) in [5, 5.41) is 0. The summed E-state index contributed by atoms with van der Waals surface area (Å²) in [4.78, 5) is 14.0. The van der Waals surface area contributed by atoms with E-state index in [-0.39, 0.29) is 17.3 Å².